The van der Waals surface area contributed by atoms with E-state index < -0.39 is 0 Å². The zero-order chi connectivity index (χ0) is 8.81. The first-order valence-electron chi connectivity index (χ1n) is 4.01. The van der Waals surface area contributed by atoms with Gasteiger partial charge in [-0.3, -0.25) is 0 Å². The Morgan fingerprint density at radius 2 is 1.92 bits per heavy atom. The molecule has 1 nitrogen and oxygen atoms in total. The van der Waals surface area contributed by atoms with Crippen molar-refractivity contribution < 1.29 is 4.79 Å². The number of carbonyl (C=O) groups is 1. The summed E-state index contributed by atoms with van der Waals surface area (Å²) in [7, 11) is 0. The number of carbonyl (C=O) groups excluding carboxylic acids is 1. The molecule has 1 aromatic rings. The zero-order valence-corrected chi connectivity index (χ0v) is 7.10. The summed E-state index contributed by atoms with van der Waals surface area (Å²) < 4.78 is 0. The van der Waals surface area contributed by atoms with Gasteiger partial charge in [-0.1, -0.05) is 49.4 Å². The quantitative estimate of drug-likeness (QED) is 0.621. The molecule has 0 aromatic heterocycles. The van der Waals surface area contributed by atoms with Gasteiger partial charge in [0.1, 0.15) is 6.29 Å². The van der Waals surface area contributed by atoms with Crippen LogP contribution < -0.4 is 0 Å². The standard InChI is InChI=1S/C11H12O/c1-10(9-12)7-8-11-5-3-2-4-6-11/h2-10H,1H3/b8-7+/t10-/m1/s1. The van der Waals surface area contributed by atoms with Crippen molar-refractivity contribution in [2.24, 2.45) is 5.92 Å². The molecule has 1 heteroatoms. The SMILES string of the molecule is C[C@@H](C=O)/C=C/c1ccccc1. The van der Waals surface area contributed by atoms with Crippen LogP contribution in [0.4, 0.5) is 0 Å². The van der Waals surface area contributed by atoms with Gasteiger partial charge >= 0.3 is 0 Å². The predicted molar refractivity (Wildman–Crippen MR) is 50.7 cm³/mol. The molecule has 62 valence electrons. The summed E-state index contributed by atoms with van der Waals surface area (Å²) in [5, 5.41) is 0. The van der Waals surface area contributed by atoms with Crippen LogP contribution in [0.5, 0.6) is 0 Å². The Bertz CT molecular complexity index is 262. The zero-order valence-electron chi connectivity index (χ0n) is 7.10. The van der Waals surface area contributed by atoms with Gasteiger partial charge in [0.05, 0.1) is 0 Å². The van der Waals surface area contributed by atoms with Gasteiger partial charge in [-0.05, 0) is 5.56 Å². The minimum atomic E-state index is 0.00482. The topological polar surface area (TPSA) is 17.1 Å². The summed E-state index contributed by atoms with van der Waals surface area (Å²) in [6, 6.07) is 9.94. The van der Waals surface area contributed by atoms with Gasteiger partial charge in [-0.15, -0.1) is 0 Å². The molecule has 1 atom stereocenters. The van der Waals surface area contributed by atoms with E-state index in [0.29, 0.717) is 0 Å². The molecule has 0 saturated carbocycles. The molecule has 0 amide bonds. The Morgan fingerprint density at radius 1 is 1.25 bits per heavy atom. The number of hydrogen-bond acceptors (Lipinski definition) is 1. The summed E-state index contributed by atoms with van der Waals surface area (Å²) in [6.07, 6.45) is 4.78. The molecule has 0 N–H and O–H groups in total. The summed E-state index contributed by atoms with van der Waals surface area (Å²) in [5.74, 6) is 0.00482. The smallest absolute Gasteiger partial charge is 0.126 e. The van der Waals surface area contributed by atoms with Crippen LogP contribution in [0.1, 0.15) is 12.5 Å². The molecule has 12 heavy (non-hydrogen) atoms. The van der Waals surface area contributed by atoms with Crippen LogP contribution in [0.25, 0.3) is 6.08 Å². The number of benzene rings is 1. The Labute approximate surface area is 72.7 Å². The molecule has 0 spiro atoms. The van der Waals surface area contributed by atoms with E-state index in [1.165, 1.54) is 0 Å². The first kappa shape index (κ1) is 8.72. The number of aldehydes is 1. The highest BCUT2D eigenvalue weighted by atomic mass is 16.1. The number of hydrogen-bond donors (Lipinski definition) is 0. The van der Waals surface area contributed by atoms with E-state index in [-0.39, 0.29) is 5.92 Å². The van der Waals surface area contributed by atoms with Gasteiger partial charge in [0.2, 0.25) is 0 Å². The van der Waals surface area contributed by atoms with E-state index in [4.69, 9.17) is 0 Å². The second-order valence-electron chi connectivity index (χ2n) is 2.76. The Morgan fingerprint density at radius 3 is 2.50 bits per heavy atom. The van der Waals surface area contributed by atoms with E-state index in [9.17, 15) is 4.79 Å². The molecular formula is C11H12O. The lowest BCUT2D eigenvalue weighted by Gasteiger charge is -1.93. The maximum Gasteiger partial charge on any atom is 0.126 e. The molecule has 0 saturated heterocycles. The molecule has 0 aliphatic heterocycles. The highest BCUT2D eigenvalue weighted by molar-refractivity contribution is 5.60. The van der Waals surface area contributed by atoms with Crippen LogP contribution in [0.2, 0.25) is 0 Å². The first-order valence-corrected chi connectivity index (χ1v) is 4.01. The molecule has 0 radical (unpaired) electrons. The predicted octanol–water partition coefficient (Wildman–Crippen LogP) is 2.53. The fourth-order valence-corrected chi connectivity index (χ4v) is 0.872. The Balaban J connectivity index is 2.63. The molecule has 0 heterocycles. The number of rotatable bonds is 3. The van der Waals surface area contributed by atoms with Crippen molar-refractivity contribution in [3.63, 3.8) is 0 Å². The molecule has 0 aliphatic carbocycles. The third-order valence-electron chi connectivity index (χ3n) is 1.61. The van der Waals surface area contributed by atoms with E-state index in [2.05, 4.69) is 0 Å². The summed E-state index contributed by atoms with van der Waals surface area (Å²) in [5.41, 5.74) is 1.13. The van der Waals surface area contributed by atoms with Crippen molar-refractivity contribution in [3.8, 4) is 0 Å². The highest BCUT2D eigenvalue weighted by Crippen LogP contribution is 2.03. The van der Waals surface area contributed by atoms with Crippen LogP contribution in [0.3, 0.4) is 0 Å². The summed E-state index contributed by atoms with van der Waals surface area (Å²) >= 11 is 0. The lowest BCUT2D eigenvalue weighted by atomic mass is 10.1. The number of allylic oxidation sites excluding steroid dienone is 1. The van der Waals surface area contributed by atoms with Crippen molar-refractivity contribution in [2.75, 3.05) is 0 Å². The highest BCUT2D eigenvalue weighted by Gasteiger charge is 1.90. The lowest BCUT2D eigenvalue weighted by molar-refractivity contribution is -0.109. The van der Waals surface area contributed by atoms with Gasteiger partial charge in [-0.2, -0.15) is 0 Å². The van der Waals surface area contributed by atoms with Crippen molar-refractivity contribution >= 4 is 12.4 Å². The third-order valence-corrected chi connectivity index (χ3v) is 1.61. The van der Waals surface area contributed by atoms with Gasteiger partial charge in [0, 0.05) is 5.92 Å². The van der Waals surface area contributed by atoms with Gasteiger partial charge in [0.15, 0.2) is 0 Å². The van der Waals surface area contributed by atoms with Crippen LogP contribution in [0, 0.1) is 5.92 Å². The third kappa shape index (κ3) is 2.70. The maximum atomic E-state index is 10.3. The largest absolute Gasteiger partial charge is 0.303 e. The van der Waals surface area contributed by atoms with E-state index in [1.807, 2.05) is 49.4 Å². The van der Waals surface area contributed by atoms with E-state index in [1.54, 1.807) is 0 Å². The molecule has 0 fully saturated rings. The first-order chi connectivity index (χ1) is 5.83. The second-order valence-corrected chi connectivity index (χ2v) is 2.76. The molecule has 0 unspecified atom stereocenters. The van der Waals surface area contributed by atoms with Crippen LogP contribution in [-0.2, 0) is 4.79 Å². The van der Waals surface area contributed by atoms with E-state index in [0.717, 1.165) is 11.8 Å². The maximum absolute atomic E-state index is 10.3. The molecule has 0 aliphatic rings. The molecule has 0 bridgehead atoms. The van der Waals surface area contributed by atoms with E-state index >= 15 is 0 Å². The van der Waals surface area contributed by atoms with Crippen LogP contribution in [0.15, 0.2) is 36.4 Å². The molecule has 1 aromatic carbocycles. The van der Waals surface area contributed by atoms with Crippen molar-refractivity contribution in [3.05, 3.63) is 42.0 Å². The normalized spacial score (nSPS) is 13.1. The lowest BCUT2D eigenvalue weighted by Crippen LogP contribution is -1.87. The minimum Gasteiger partial charge on any atom is -0.303 e. The average molecular weight is 160 g/mol. The fraction of sp³-hybridized carbons (Fsp3) is 0.182. The second kappa shape index (κ2) is 4.50. The van der Waals surface area contributed by atoms with Gasteiger partial charge in [0.25, 0.3) is 0 Å². The fourth-order valence-electron chi connectivity index (χ4n) is 0.872. The minimum absolute atomic E-state index is 0.00482. The van der Waals surface area contributed by atoms with Crippen molar-refractivity contribution in [2.45, 2.75) is 6.92 Å². The Kier molecular flexibility index (Phi) is 3.27. The Hall–Kier alpha value is -1.37. The molecular weight excluding hydrogens is 148 g/mol. The van der Waals surface area contributed by atoms with Gasteiger partial charge < -0.3 is 4.79 Å². The van der Waals surface area contributed by atoms with Crippen molar-refractivity contribution in [1.82, 2.24) is 0 Å². The summed E-state index contributed by atoms with van der Waals surface area (Å²) in [4.78, 5) is 10.3. The van der Waals surface area contributed by atoms with Crippen LogP contribution >= 0.6 is 0 Å². The van der Waals surface area contributed by atoms with Gasteiger partial charge in [-0.25, -0.2) is 0 Å². The average Bonchev–Trinajstić information content (AvgIpc) is 2.16. The van der Waals surface area contributed by atoms with Crippen LogP contribution in [-0.4, -0.2) is 6.29 Å². The molecule has 1 rings (SSSR count). The monoisotopic (exact) mass is 160 g/mol. The summed E-state index contributed by atoms with van der Waals surface area (Å²) in [6.45, 7) is 1.87. The van der Waals surface area contributed by atoms with Crippen molar-refractivity contribution in [1.29, 1.82) is 0 Å².